The van der Waals surface area contributed by atoms with Crippen LogP contribution in [0.2, 0.25) is 5.02 Å². The molecular formula is C16H13ClN2. The molecule has 0 fully saturated rings. The Balaban J connectivity index is 2.18. The first-order chi connectivity index (χ1) is 9.19. The van der Waals surface area contributed by atoms with Crippen molar-refractivity contribution >= 4 is 22.9 Å². The highest BCUT2D eigenvalue weighted by Crippen LogP contribution is 2.17. The molecule has 0 atom stereocenters. The quantitative estimate of drug-likeness (QED) is 0.824. The van der Waals surface area contributed by atoms with E-state index in [4.69, 9.17) is 11.6 Å². The number of allylic oxidation sites excluding steroid dienone is 1. The fourth-order valence-electron chi connectivity index (χ4n) is 1.61. The molecule has 0 saturated heterocycles. The minimum Gasteiger partial charge on any atom is -0.360 e. The Hall–Kier alpha value is -2.24. The number of nitriles is 1. The van der Waals surface area contributed by atoms with Gasteiger partial charge in [0.15, 0.2) is 0 Å². The number of halogens is 1. The predicted molar refractivity (Wildman–Crippen MR) is 79.8 cm³/mol. The van der Waals surface area contributed by atoms with Gasteiger partial charge in [0.05, 0.1) is 5.57 Å². The lowest BCUT2D eigenvalue weighted by molar-refractivity contribution is 1.45. The molecule has 94 valence electrons. The molecule has 0 radical (unpaired) electrons. The topological polar surface area (TPSA) is 35.8 Å². The van der Waals surface area contributed by atoms with E-state index in [0.29, 0.717) is 10.6 Å². The second-order valence-electron chi connectivity index (χ2n) is 4.19. The SMILES string of the molecule is Cc1ccc(N/C=C(\C#N)c2ccc(Cl)cc2)cc1. The molecule has 0 heterocycles. The molecule has 0 aliphatic carbocycles. The molecule has 19 heavy (non-hydrogen) atoms. The third-order valence-electron chi connectivity index (χ3n) is 2.71. The number of rotatable bonds is 3. The summed E-state index contributed by atoms with van der Waals surface area (Å²) >= 11 is 5.83. The van der Waals surface area contributed by atoms with Gasteiger partial charge in [0.2, 0.25) is 0 Å². The van der Waals surface area contributed by atoms with Crippen LogP contribution in [0.25, 0.3) is 5.57 Å². The molecule has 0 saturated carbocycles. The van der Waals surface area contributed by atoms with Crippen LogP contribution in [0.1, 0.15) is 11.1 Å². The van der Waals surface area contributed by atoms with Gasteiger partial charge in [-0.2, -0.15) is 5.26 Å². The van der Waals surface area contributed by atoms with Gasteiger partial charge in [-0.15, -0.1) is 0 Å². The maximum absolute atomic E-state index is 9.18. The first kappa shape index (κ1) is 13.2. The highest BCUT2D eigenvalue weighted by molar-refractivity contribution is 6.30. The third kappa shape index (κ3) is 3.61. The van der Waals surface area contributed by atoms with Gasteiger partial charge in [-0.1, -0.05) is 41.4 Å². The molecule has 0 aliphatic rings. The molecule has 0 bridgehead atoms. The number of anilines is 1. The summed E-state index contributed by atoms with van der Waals surface area (Å²) in [7, 11) is 0. The van der Waals surface area contributed by atoms with E-state index in [1.54, 1.807) is 18.3 Å². The standard InChI is InChI=1S/C16H13ClN2/c1-12-2-8-16(9-3-12)19-11-14(10-18)13-4-6-15(17)7-5-13/h2-9,11,19H,1H3/b14-11+. The molecule has 2 nitrogen and oxygen atoms in total. The smallest absolute Gasteiger partial charge is 0.101 e. The molecule has 2 aromatic carbocycles. The zero-order valence-corrected chi connectivity index (χ0v) is 11.3. The van der Waals surface area contributed by atoms with Crippen molar-refractivity contribution in [2.75, 3.05) is 5.32 Å². The Morgan fingerprint density at radius 2 is 1.74 bits per heavy atom. The molecule has 3 heteroatoms. The maximum atomic E-state index is 9.18. The molecule has 0 spiro atoms. The van der Waals surface area contributed by atoms with Gasteiger partial charge in [-0.25, -0.2) is 0 Å². The molecular weight excluding hydrogens is 256 g/mol. The van der Waals surface area contributed by atoms with Gasteiger partial charge in [0.1, 0.15) is 6.07 Å². The zero-order valence-electron chi connectivity index (χ0n) is 10.5. The molecule has 0 amide bonds. The number of hydrogen-bond acceptors (Lipinski definition) is 2. The van der Waals surface area contributed by atoms with E-state index < -0.39 is 0 Å². The largest absolute Gasteiger partial charge is 0.360 e. The monoisotopic (exact) mass is 268 g/mol. The van der Waals surface area contributed by atoms with Crippen LogP contribution in [0, 0.1) is 18.3 Å². The lowest BCUT2D eigenvalue weighted by atomic mass is 10.1. The number of nitrogens with one attached hydrogen (secondary N) is 1. The second kappa shape index (κ2) is 6.08. The molecule has 2 aromatic rings. The van der Waals surface area contributed by atoms with Gasteiger partial charge in [0, 0.05) is 16.9 Å². The van der Waals surface area contributed by atoms with Gasteiger partial charge in [-0.05, 0) is 36.8 Å². The average Bonchev–Trinajstić information content (AvgIpc) is 2.43. The number of hydrogen-bond donors (Lipinski definition) is 1. The summed E-state index contributed by atoms with van der Waals surface area (Å²) < 4.78 is 0. The number of aryl methyl sites for hydroxylation is 1. The van der Waals surface area contributed by atoms with Gasteiger partial charge < -0.3 is 5.32 Å². The Labute approximate surface area is 118 Å². The Morgan fingerprint density at radius 3 is 2.32 bits per heavy atom. The minimum atomic E-state index is 0.567. The summed E-state index contributed by atoms with van der Waals surface area (Å²) in [6.07, 6.45) is 1.70. The fraction of sp³-hybridized carbons (Fsp3) is 0.0625. The van der Waals surface area contributed by atoms with Crippen molar-refractivity contribution < 1.29 is 0 Å². The molecule has 1 N–H and O–H groups in total. The third-order valence-corrected chi connectivity index (χ3v) is 2.96. The number of nitrogens with zero attached hydrogens (tertiary/aromatic N) is 1. The van der Waals surface area contributed by atoms with Gasteiger partial charge >= 0.3 is 0 Å². The van der Waals surface area contributed by atoms with Crippen molar-refractivity contribution in [3.8, 4) is 6.07 Å². The first-order valence-electron chi connectivity index (χ1n) is 5.88. The van der Waals surface area contributed by atoms with Crippen LogP contribution in [0.15, 0.2) is 54.7 Å². The van der Waals surface area contributed by atoms with E-state index in [2.05, 4.69) is 11.4 Å². The lowest BCUT2D eigenvalue weighted by Gasteiger charge is -2.03. The van der Waals surface area contributed by atoms with Crippen molar-refractivity contribution in [1.29, 1.82) is 5.26 Å². The van der Waals surface area contributed by atoms with Crippen LogP contribution in [0.3, 0.4) is 0 Å². The lowest BCUT2D eigenvalue weighted by Crippen LogP contribution is -1.91. The van der Waals surface area contributed by atoms with E-state index in [1.165, 1.54) is 5.56 Å². The summed E-state index contributed by atoms with van der Waals surface area (Å²) in [6.45, 7) is 2.04. The summed E-state index contributed by atoms with van der Waals surface area (Å²) in [5.41, 5.74) is 3.56. The van der Waals surface area contributed by atoms with Gasteiger partial charge in [0.25, 0.3) is 0 Å². The second-order valence-corrected chi connectivity index (χ2v) is 4.62. The molecule has 2 rings (SSSR count). The van der Waals surface area contributed by atoms with Crippen molar-refractivity contribution in [2.45, 2.75) is 6.92 Å². The Morgan fingerprint density at radius 1 is 1.11 bits per heavy atom. The van der Waals surface area contributed by atoms with E-state index in [-0.39, 0.29) is 0 Å². The van der Waals surface area contributed by atoms with Crippen molar-refractivity contribution in [2.24, 2.45) is 0 Å². The van der Waals surface area contributed by atoms with E-state index in [0.717, 1.165) is 11.3 Å². The normalized spacial score (nSPS) is 10.9. The summed E-state index contributed by atoms with van der Waals surface area (Å²) in [4.78, 5) is 0. The highest BCUT2D eigenvalue weighted by Gasteiger charge is 2.00. The number of benzene rings is 2. The highest BCUT2D eigenvalue weighted by atomic mass is 35.5. The van der Waals surface area contributed by atoms with Crippen LogP contribution in [-0.2, 0) is 0 Å². The van der Waals surface area contributed by atoms with Crippen LogP contribution in [-0.4, -0.2) is 0 Å². The minimum absolute atomic E-state index is 0.567. The fourth-order valence-corrected chi connectivity index (χ4v) is 1.74. The molecule has 0 aliphatic heterocycles. The van der Waals surface area contributed by atoms with Crippen molar-refractivity contribution in [1.82, 2.24) is 0 Å². The van der Waals surface area contributed by atoms with E-state index in [1.807, 2.05) is 43.3 Å². The van der Waals surface area contributed by atoms with Crippen molar-refractivity contribution in [3.05, 3.63) is 70.9 Å². The van der Waals surface area contributed by atoms with Crippen LogP contribution >= 0.6 is 11.6 Å². The summed E-state index contributed by atoms with van der Waals surface area (Å²) in [5, 5.41) is 13.0. The molecule has 0 unspecified atom stereocenters. The molecule has 0 aromatic heterocycles. The van der Waals surface area contributed by atoms with Gasteiger partial charge in [-0.3, -0.25) is 0 Å². The Bertz CT molecular complexity index is 619. The van der Waals surface area contributed by atoms with Crippen LogP contribution in [0.5, 0.6) is 0 Å². The van der Waals surface area contributed by atoms with E-state index in [9.17, 15) is 5.26 Å². The van der Waals surface area contributed by atoms with E-state index >= 15 is 0 Å². The van der Waals surface area contributed by atoms with Crippen LogP contribution < -0.4 is 5.32 Å². The predicted octanol–water partition coefficient (Wildman–Crippen LogP) is 4.63. The summed E-state index contributed by atoms with van der Waals surface area (Å²) in [6, 6.07) is 17.4. The Kier molecular flexibility index (Phi) is 4.22. The maximum Gasteiger partial charge on any atom is 0.101 e. The first-order valence-corrected chi connectivity index (χ1v) is 6.26. The van der Waals surface area contributed by atoms with Crippen LogP contribution in [0.4, 0.5) is 5.69 Å². The average molecular weight is 269 g/mol. The zero-order chi connectivity index (χ0) is 13.7. The van der Waals surface area contributed by atoms with Crippen molar-refractivity contribution in [3.63, 3.8) is 0 Å². The summed E-state index contributed by atoms with van der Waals surface area (Å²) in [5.74, 6) is 0.